The molecular weight excluding hydrogens is 212 g/mol. The van der Waals surface area contributed by atoms with Crippen LogP contribution in [-0.2, 0) is 4.79 Å². The van der Waals surface area contributed by atoms with Crippen molar-refractivity contribution < 1.29 is 9.53 Å². The molecule has 0 radical (unpaired) electrons. The van der Waals surface area contributed by atoms with Crippen LogP contribution in [0.3, 0.4) is 0 Å². The van der Waals surface area contributed by atoms with Gasteiger partial charge in [0, 0.05) is 11.1 Å². The van der Waals surface area contributed by atoms with Crippen LogP contribution >= 0.6 is 0 Å². The van der Waals surface area contributed by atoms with Crippen molar-refractivity contribution in [2.24, 2.45) is 0 Å². The van der Waals surface area contributed by atoms with Gasteiger partial charge >= 0.3 is 0 Å². The molecule has 1 heterocycles. The number of benzene rings is 1. The molecule has 0 aromatic heterocycles. The van der Waals surface area contributed by atoms with Crippen LogP contribution in [0.5, 0.6) is 5.75 Å². The summed E-state index contributed by atoms with van der Waals surface area (Å²) in [7, 11) is 0. The molecule has 2 heteroatoms. The highest BCUT2D eigenvalue weighted by Gasteiger charge is 2.23. The minimum atomic E-state index is 0.796. The van der Waals surface area contributed by atoms with Gasteiger partial charge in [0.1, 0.15) is 17.8 Å². The summed E-state index contributed by atoms with van der Waals surface area (Å²) in [5.41, 5.74) is 4.25. The molecular formula is C15H14O2. The van der Waals surface area contributed by atoms with Crippen LogP contribution in [0.25, 0.3) is 6.08 Å². The first-order valence-electron chi connectivity index (χ1n) is 5.96. The molecule has 0 saturated carbocycles. The summed E-state index contributed by atoms with van der Waals surface area (Å²) in [6.07, 6.45) is 5.95. The molecule has 1 aliphatic carbocycles. The van der Waals surface area contributed by atoms with E-state index in [0.717, 1.165) is 53.8 Å². The van der Waals surface area contributed by atoms with E-state index < -0.39 is 0 Å². The molecule has 86 valence electrons. The average molecular weight is 226 g/mol. The normalized spacial score (nSPS) is 17.8. The molecule has 0 bridgehead atoms. The number of ether oxygens (including phenoxy) is 1. The molecule has 2 nitrogen and oxygen atoms in total. The Bertz CT molecular complexity index is 550. The Morgan fingerprint density at radius 1 is 1.29 bits per heavy atom. The van der Waals surface area contributed by atoms with Crippen molar-refractivity contribution in [2.45, 2.75) is 26.2 Å². The molecule has 3 rings (SSSR count). The molecule has 0 unspecified atom stereocenters. The van der Waals surface area contributed by atoms with E-state index in [9.17, 15) is 4.79 Å². The number of aldehydes is 1. The van der Waals surface area contributed by atoms with Crippen LogP contribution in [0.15, 0.2) is 35.1 Å². The number of aryl methyl sites for hydroxylation is 1. The average Bonchev–Trinajstić information content (AvgIpc) is 2.35. The smallest absolute Gasteiger partial charge is 0.149 e. The second-order valence-electron chi connectivity index (χ2n) is 4.64. The zero-order chi connectivity index (χ0) is 11.8. The predicted molar refractivity (Wildman–Crippen MR) is 66.7 cm³/mol. The van der Waals surface area contributed by atoms with E-state index in [4.69, 9.17) is 4.74 Å². The predicted octanol–water partition coefficient (Wildman–Crippen LogP) is 3.41. The molecule has 1 aliphatic heterocycles. The van der Waals surface area contributed by atoms with Gasteiger partial charge in [-0.25, -0.2) is 0 Å². The van der Waals surface area contributed by atoms with Crippen molar-refractivity contribution in [2.75, 3.05) is 0 Å². The molecule has 1 aromatic carbocycles. The molecule has 0 N–H and O–H groups in total. The monoisotopic (exact) mass is 226 g/mol. The highest BCUT2D eigenvalue weighted by atomic mass is 16.5. The highest BCUT2D eigenvalue weighted by Crippen LogP contribution is 2.38. The molecule has 17 heavy (non-hydrogen) atoms. The van der Waals surface area contributed by atoms with Gasteiger partial charge in [0.25, 0.3) is 0 Å². The first-order valence-corrected chi connectivity index (χ1v) is 5.96. The maximum Gasteiger partial charge on any atom is 0.149 e. The van der Waals surface area contributed by atoms with Crippen molar-refractivity contribution in [3.8, 4) is 5.75 Å². The summed E-state index contributed by atoms with van der Waals surface area (Å²) >= 11 is 0. The third-order valence-electron chi connectivity index (χ3n) is 3.33. The zero-order valence-corrected chi connectivity index (χ0v) is 9.82. The second kappa shape index (κ2) is 3.88. The van der Waals surface area contributed by atoms with E-state index in [1.165, 1.54) is 5.56 Å². The number of fused-ring (bicyclic) bond motifs is 2. The van der Waals surface area contributed by atoms with Crippen LogP contribution in [0.4, 0.5) is 0 Å². The maximum atomic E-state index is 11.0. The Hall–Kier alpha value is -1.83. The van der Waals surface area contributed by atoms with Gasteiger partial charge in [-0.1, -0.05) is 12.1 Å². The first-order chi connectivity index (χ1) is 8.28. The Labute approximate surface area is 101 Å². The van der Waals surface area contributed by atoms with Crippen molar-refractivity contribution in [3.63, 3.8) is 0 Å². The summed E-state index contributed by atoms with van der Waals surface area (Å²) in [6.45, 7) is 2.04. The van der Waals surface area contributed by atoms with Crippen LogP contribution in [0.1, 0.15) is 30.4 Å². The summed E-state index contributed by atoms with van der Waals surface area (Å²) in [4.78, 5) is 11.0. The molecule has 0 spiro atoms. The van der Waals surface area contributed by atoms with Gasteiger partial charge in [-0.05, 0) is 49.5 Å². The Kier molecular flexibility index (Phi) is 2.36. The summed E-state index contributed by atoms with van der Waals surface area (Å²) in [6, 6.07) is 6.17. The number of rotatable bonds is 1. The Morgan fingerprint density at radius 2 is 2.18 bits per heavy atom. The standard InChI is InChI=1S/C15H14O2/c1-10-5-6-11-8-12-3-2-4-13(9-16)15(12)17-14(11)7-10/h5-9H,2-4H2,1H3. The minimum Gasteiger partial charge on any atom is -0.456 e. The zero-order valence-electron chi connectivity index (χ0n) is 9.82. The molecule has 0 saturated heterocycles. The number of hydrogen-bond acceptors (Lipinski definition) is 2. The van der Waals surface area contributed by atoms with Gasteiger partial charge in [-0.15, -0.1) is 0 Å². The molecule has 2 aliphatic rings. The van der Waals surface area contributed by atoms with Crippen molar-refractivity contribution in [1.82, 2.24) is 0 Å². The van der Waals surface area contributed by atoms with Gasteiger partial charge in [0.2, 0.25) is 0 Å². The maximum absolute atomic E-state index is 11.0. The molecule has 0 atom stereocenters. The topological polar surface area (TPSA) is 26.3 Å². The van der Waals surface area contributed by atoms with Crippen molar-refractivity contribution in [1.29, 1.82) is 0 Å². The van der Waals surface area contributed by atoms with E-state index in [1.807, 2.05) is 13.0 Å². The van der Waals surface area contributed by atoms with Crippen LogP contribution < -0.4 is 4.74 Å². The number of allylic oxidation sites excluding steroid dienone is 2. The van der Waals surface area contributed by atoms with E-state index in [0.29, 0.717) is 0 Å². The summed E-state index contributed by atoms with van der Waals surface area (Å²) < 4.78 is 5.90. The van der Waals surface area contributed by atoms with E-state index >= 15 is 0 Å². The van der Waals surface area contributed by atoms with Crippen molar-refractivity contribution in [3.05, 3.63) is 46.2 Å². The lowest BCUT2D eigenvalue weighted by Crippen LogP contribution is -2.13. The van der Waals surface area contributed by atoms with Gasteiger partial charge in [0.15, 0.2) is 0 Å². The fourth-order valence-corrected chi connectivity index (χ4v) is 2.43. The van der Waals surface area contributed by atoms with Gasteiger partial charge < -0.3 is 4.74 Å². The third kappa shape index (κ3) is 1.70. The number of carbonyl (C=O) groups is 1. The third-order valence-corrected chi connectivity index (χ3v) is 3.33. The fraction of sp³-hybridized carbons (Fsp3) is 0.267. The largest absolute Gasteiger partial charge is 0.456 e. The number of hydrogen-bond donors (Lipinski definition) is 0. The fourth-order valence-electron chi connectivity index (χ4n) is 2.43. The van der Waals surface area contributed by atoms with Crippen LogP contribution in [-0.4, -0.2) is 6.29 Å². The Morgan fingerprint density at radius 3 is 3.00 bits per heavy atom. The van der Waals surface area contributed by atoms with E-state index in [-0.39, 0.29) is 0 Å². The minimum absolute atomic E-state index is 0.796. The summed E-state index contributed by atoms with van der Waals surface area (Å²) in [5.74, 6) is 1.66. The second-order valence-corrected chi connectivity index (χ2v) is 4.64. The van der Waals surface area contributed by atoms with Crippen LogP contribution in [0, 0.1) is 6.92 Å². The lowest BCUT2D eigenvalue weighted by molar-refractivity contribution is -0.105. The summed E-state index contributed by atoms with van der Waals surface area (Å²) in [5, 5.41) is 0. The quantitative estimate of drug-likeness (QED) is 0.686. The van der Waals surface area contributed by atoms with Gasteiger partial charge in [-0.3, -0.25) is 4.79 Å². The lowest BCUT2D eigenvalue weighted by atomic mass is 9.90. The van der Waals surface area contributed by atoms with Gasteiger partial charge in [-0.2, -0.15) is 0 Å². The number of carbonyl (C=O) groups excluding carboxylic acids is 1. The highest BCUT2D eigenvalue weighted by molar-refractivity contribution is 5.79. The Balaban J connectivity index is 2.15. The molecule has 1 aromatic rings. The van der Waals surface area contributed by atoms with E-state index in [1.54, 1.807) is 0 Å². The molecule has 0 fully saturated rings. The SMILES string of the molecule is Cc1ccc2c(c1)OC1=C(C=O)CCCC1=C2. The molecule has 0 amide bonds. The van der Waals surface area contributed by atoms with Crippen LogP contribution in [0.2, 0.25) is 0 Å². The first kappa shape index (κ1) is 10.3. The van der Waals surface area contributed by atoms with E-state index in [2.05, 4.69) is 18.2 Å². The lowest BCUT2D eigenvalue weighted by Gasteiger charge is -2.25. The van der Waals surface area contributed by atoms with Gasteiger partial charge in [0.05, 0.1) is 0 Å². The van der Waals surface area contributed by atoms with Crippen molar-refractivity contribution >= 4 is 12.4 Å².